The highest BCUT2D eigenvalue weighted by Gasteiger charge is 2.16. The Hall–Kier alpha value is -2.57. The second-order valence-corrected chi connectivity index (χ2v) is 6.52. The molecule has 1 atom stereocenters. The Bertz CT molecular complexity index is 900. The van der Waals surface area contributed by atoms with Crippen LogP contribution in [0.15, 0.2) is 42.7 Å². The molecule has 0 saturated carbocycles. The molecule has 1 saturated heterocycles. The third-order valence-corrected chi connectivity index (χ3v) is 4.42. The van der Waals surface area contributed by atoms with Gasteiger partial charge in [0, 0.05) is 23.5 Å². The SMILES string of the molecule is Cc1cnc(C)c(-c2cccc(-c3ccn(C[C@H]4COCCO4)n3)c2)n1. The van der Waals surface area contributed by atoms with E-state index in [0.29, 0.717) is 26.4 Å². The summed E-state index contributed by atoms with van der Waals surface area (Å²) in [7, 11) is 0. The fourth-order valence-corrected chi connectivity index (χ4v) is 3.10. The average Bonchev–Trinajstić information content (AvgIpc) is 3.13. The second-order valence-electron chi connectivity index (χ2n) is 6.52. The molecule has 1 fully saturated rings. The van der Waals surface area contributed by atoms with Gasteiger partial charge in [0.1, 0.15) is 6.10 Å². The molecule has 3 aromatic rings. The Balaban J connectivity index is 1.58. The smallest absolute Gasteiger partial charge is 0.100 e. The van der Waals surface area contributed by atoms with E-state index in [1.165, 1.54) is 0 Å². The summed E-state index contributed by atoms with van der Waals surface area (Å²) in [6, 6.07) is 10.3. The summed E-state index contributed by atoms with van der Waals surface area (Å²) in [4.78, 5) is 9.06. The maximum Gasteiger partial charge on any atom is 0.100 e. The van der Waals surface area contributed by atoms with E-state index in [1.54, 1.807) is 6.20 Å². The van der Waals surface area contributed by atoms with Gasteiger partial charge >= 0.3 is 0 Å². The molecule has 1 aliphatic heterocycles. The Morgan fingerprint density at radius 2 is 2.04 bits per heavy atom. The minimum Gasteiger partial charge on any atom is -0.376 e. The lowest BCUT2D eigenvalue weighted by atomic mass is 10.0. The molecular formula is C20H22N4O2. The van der Waals surface area contributed by atoms with Gasteiger partial charge in [-0.05, 0) is 26.0 Å². The number of aryl methyl sites for hydroxylation is 2. The Morgan fingerprint density at radius 1 is 1.15 bits per heavy atom. The van der Waals surface area contributed by atoms with Crippen LogP contribution in [0.1, 0.15) is 11.4 Å². The van der Waals surface area contributed by atoms with Crippen LogP contribution < -0.4 is 0 Å². The average molecular weight is 350 g/mol. The van der Waals surface area contributed by atoms with Gasteiger partial charge in [0.05, 0.1) is 49.1 Å². The standard InChI is InChI=1S/C20H22N4O2/c1-14-11-21-15(2)20(22-14)17-5-3-4-16(10-17)19-6-7-24(23-19)12-18-13-25-8-9-26-18/h3-7,10-11,18H,8-9,12-13H2,1-2H3/t18-/m0/s1. The van der Waals surface area contributed by atoms with E-state index in [9.17, 15) is 0 Å². The molecule has 1 aliphatic rings. The first kappa shape index (κ1) is 16.9. The summed E-state index contributed by atoms with van der Waals surface area (Å²) in [5.74, 6) is 0. The zero-order chi connectivity index (χ0) is 17.9. The van der Waals surface area contributed by atoms with E-state index in [4.69, 9.17) is 14.6 Å². The van der Waals surface area contributed by atoms with E-state index in [2.05, 4.69) is 28.2 Å². The highest BCUT2D eigenvalue weighted by Crippen LogP contribution is 2.26. The molecule has 6 nitrogen and oxygen atoms in total. The first-order valence-electron chi connectivity index (χ1n) is 8.83. The quantitative estimate of drug-likeness (QED) is 0.724. The van der Waals surface area contributed by atoms with Crippen LogP contribution in [-0.2, 0) is 16.0 Å². The van der Waals surface area contributed by atoms with Crippen LogP contribution in [-0.4, -0.2) is 45.7 Å². The van der Waals surface area contributed by atoms with Crippen molar-refractivity contribution in [2.75, 3.05) is 19.8 Å². The van der Waals surface area contributed by atoms with Crippen molar-refractivity contribution in [3.05, 3.63) is 54.1 Å². The van der Waals surface area contributed by atoms with Crippen molar-refractivity contribution in [1.82, 2.24) is 19.7 Å². The Labute approximate surface area is 152 Å². The molecule has 0 amide bonds. The number of rotatable bonds is 4. The third-order valence-electron chi connectivity index (χ3n) is 4.42. The van der Waals surface area contributed by atoms with Crippen LogP contribution in [0.3, 0.4) is 0 Å². The highest BCUT2D eigenvalue weighted by atomic mass is 16.6. The highest BCUT2D eigenvalue weighted by molar-refractivity contribution is 5.70. The van der Waals surface area contributed by atoms with Crippen LogP contribution in [0.5, 0.6) is 0 Å². The maximum atomic E-state index is 5.70. The summed E-state index contributed by atoms with van der Waals surface area (Å²) in [5.41, 5.74) is 5.79. The van der Waals surface area contributed by atoms with Crippen molar-refractivity contribution in [2.24, 2.45) is 0 Å². The summed E-state index contributed by atoms with van der Waals surface area (Å²) < 4.78 is 13.1. The number of aromatic nitrogens is 4. The molecule has 134 valence electrons. The van der Waals surface area contributed by atoms with Gasteiger partial charge in [-0.1, -0.05) is 18.2 Å². The van der Waals surface area contributed by atoms with Gasteiger partial charge in [0.15, 0.2) is 0 Å². The number of nitrogens with zero attached hydrogens (tertiary/aromatic N) is 4. The minimum atomic E-state index is 0.0630. The predicted octanol–water partition coefficient (Wildman–Crippen LogP) is 3.04. The summed E-state index contributed by atoms with van der Waals surface area (Å²) in [5, 5.41) is 4.69. The topological polar surface area (TPSA) is 62.1 Å². The van der Waals surface area contributed by atoms with Gasteiger partial charge in [-0.15, -0.1) is 0 Å². The molecule has 3 heterocycles. The van der Waals surface area contributed by atoms with Gasteiger partial charge in [0.2, 0.25) is 0 Å². The molecule has 0 aliphatic carbocycles. The largest absolute Gasteiger partial charge is 0.376 e. The zero-order valence-electron chi connectivity index (χ0n) is 15.1. The lowest BCUT2D eigenvalue weighted by Crippen LogP contribution is -2.32. The van der Waals surface area contributed by atoms with Gasteiger partial charge in [-0.2, -0.15) is 5.10 Å². The van der Waals surface area contributed by atoms with Gasteiger partial charge in [-0.25, -0.2) is 4.98 Å². The minimum absolute atomic E-state index is 0.0630. The lowest BCUT2D eigenvalue weighted by Gasteiger charge is -2.22. The van der Waals surface area contributed by atoms with Crippen molar-refractivity contribution in [2.45, 2.75) is 26.5 Å². The fourth-order valence-electron chi connectivity index (χ4n) is 3.10. The molecule has 0 N–H and O–H groups in total. The van der Waals surface area contributed by atoms with Gasteiger partial charge in [-0.3, -0.25) is 9.67 Å². The molecule has 26 heavy (non-hydrogen) atoms. The molecule has 4 rings (SSSR count). The first-order valence-corrected chi connectivity index (χ1v) is 8.83. The van der Waals surface area contributed by atoms with E-state index >= 15 is 0 Å². The third kappa shape index (κ3) is 3.66. The number of ether oxygens (including phenoxy) is 2. The Morgan fingerprint density at radius 3 is 2.88 bits per heavy atom. The van der Waals surface area contributed by atoms with E-state index in [0.717, 1.165) is 33.9 Å². The molecule has 2 aromatic heterocycles. The van der Waals surface area contributed by atoms with Crippen molar-refractivity contribution in [3.8, 4) is 22.5 Å². The summed E-state index contributed by atoms with van der Waals surface area (Å²) in [6.45, 7) is 6.58. The van der Waals surface area contributed by atoms with Crippen LogP contribution >= 0.6 is 0 Å². The molecule has 0 unspecified atom stereocenters. The number of hydrogen-bond acceptors (Lipinski definition) is 5. The van der Waals surface area contributed by atoms with Crippen molar-refractivity contribution < 1.29 is 9.47 Å². The molecular weight excluding hydrogens is 328 g/mol. The lowest BCUT2D eigenvalue weighted by molar-refractivity contribution is -0.0946. The van der Waals surface area contributed by atoms with E-state index < -0.39 is 0 Å². The molecule has 1 aromatic carbocycles. The maximum absolute atomic E-state index is 5.70. The monoisotopic (exact) mass is 350 g/mol. The van der Waals surface area contributed by atoms with Crippen molar-refractivity contribution in [3.63, 3.8) is 0 Å². The normalized spacial score (nSPS) is 17.4. The van der Waals surface area contributed by atoms with Crippen LogP contribution in [0, 0.1) is 13.8 Å². The van der Waals surface area contributed by atoms with E-state index in [1.807, 2.05) is 36.9 Å². The number of benzene rings is 1. The second kappa shape index (κ2) is 7.35. The first-order chi connectivity index (χ1) is 12.7. The zero-order valence-corrected chi connectivity index (χ0v) is 15.1. The molecule has 0 bridgehead atoms. The van der Waals surface area contributed by atoms with Crippen LogP contribution in [0.25, 0.3) is 22.5 Å². The summed E-state index contributed by atoms with van der Waals surface area (Å²) in [6.07, 6.45) is 3.84. The summed E-state index contributed by atoms with van der Waals surface area (Å²) >= 11 is 0. The van der Waals surface area contributed by atoms with Crippen LogP contribution in [0.2, 0.25) is 0 Å². The fraction of sp³-hybridized carbons (Fsp3) is 0.350. The molecule has 0 spiro atoms. The van der Waals surface area contributed by atoms with Crippen LogP contribution in [0.4, 0.5) is 0 Å². The number of hydrogen-bond donors (Lipinski definition) is 0. The van der Waals surface area contributed by atoms with Crippen molar-refractivity contribution in [1.29, 1.82) is 0 Å². The van der Waals surface area contributed by atoms with E-state index in [-0.39, 0.29) is 6.10 Å². The Kier molecular flexibility index (Phi) is 4.77. The van der Waals surface area contributed by atoms with Gasteiger partial charge in [0.25, 0.3) is 0 Å². The molecule has 6 heteroatoms. The predicted molar refractivity (Wildman–Crippen MR) is 98.7 cm³/mol. The van der Waals surface area contributed by atoms with Crippen molar-refractivity contribution >= 4 is 0 Å². The molecule has 0 radical (unpaired) electrons. The van der Waals surface area contributed by atoms with Gasteiger partial charge < -0.3 is 9.47 Å².